The van der Waals surface area contributed by atoms with Gasteiger partial charge in [-0.25, -0.2) is 4.98 Å². The number of amides is 1. The molecule has 1 saturated heterocycles. The maximum absolute atomic E-state index is 12.7. The Balaban J connectivity index is 1.53. The molecule has 0 unspecified atom stereocenters. The number of aromatic nitrogens is 2. The van der Waals surface area contributed by atoms with Crippen molar-refractivity contribution in [2.45, 2.75) is 51.0 Å². The van der Waals surface area contributed by atoms with E-state index in [0.717, 1.165) is 31.7 Å². The summed E-state index contributed by atoms with van der Waals surface area (Å²) in [7, 11) is 2.01. The van der Waals surface area contributed by atoms with Crippen molar-refractivity contribution in [3.8, 4) is 0 Å². The van der Waals surface area contributed by atoms with Crippen LogP contribution in [0.1, 0.15) is 44.9 Å². The Hall–Kier alpha value is -1.65. The molecule has 0 radical (unpaired) electrons. The first-order chi connectivity index (χ1) is 10.8. The molecule has 1 aromatic rings. The lowest BCUT2D eigenvalue weighted by molar-refractivity contribution is -0.137. The number of rotatable bonds is 3. The molecule has 5 heteroatoms. The minimum Gasteiger partial charge on any atom is -0.355 e. The van der Waals surface area contributed by atoms with Gasteiger partial charge in [-0.2, -0.15) is 0 Å². The molecule has 1 aliphatic carbocycles. The van der Waals surface area contributed by atoms with Crippen LogP contribution in [0.3, 0.4) is 0 Å². The van der Waals surface area contributed by atoms with E-state index in [4.69, 9.17) is 0 Å². The minimum absolute atomic E-state index is 0.180. The van der Waals surface area contributed by atoms with Crippen LogP contribution >= 0.6 is 0 Å². The standard InChI is InChI=1S/C17H26N4O/c1-20(15-5-3-2-4-6-15)17(22)14-7-11-21(12-8-14)16-13-18-9-10-19-16/h9-10,13-15H,2-8,11-12H2,1H3. The van der Waals surface area contributed by atoms with Crippen LogP contribution in [0.5, 0.6) is 0 Å². The Morgan fingerprint density at radius 3 is 2.50 bits per heavy atom. The van der Waals surface area contributed by atoms with Gasteiger partial charge in [0.1, 0.15) is 5.82 Å². The molecule has 1 amide bonds. The lowest BCUT2D eigenvalue weighted by Gasteiger charge is -2.37. The van der Waals surface area contributed by atoms with Crippen molar-refractivity contribution in [2.24, 2.45) is 5.92 Å². The molecule has 1 aliphatic heterocycles. The first-order valence-corrected chi connectivity index (χ1v) is 8.53. The highest BCUT2D eigenvalue weighted by Gasteiger charge is 2.30. The van der Waals surface area contributed by atoms with Gasteiger partial charge in [0.05, 0.1) is 6.20 Å². The lowest BCUT2D eigenvalue weighted by Crippen LogP contribution is -2.45. The van der Waals surface area contributed by atoms with E-state index in [0.29, 0.717) is 11.9 Å². The molecule has 3 rings (SSSR count). The third-order valence-corrected chi connectivity index (χ3v) is 5.19. The van der Waals surface area contributed by atoms with Crippen LogP contribution in [0.4, 0.5) is 5.82 Å². The van der Waals surface area contributed by atoms with E-state index in [1.807, 2.05) is 11.9 Å². The lowest BCUT2D eigenvalue weighted by atomic mass is 9.91. The van der Waals surface area contributed by atoms with Crippen LogP contribution in [-0.4, -0.2) is 47.0 Å². The van der Waals surface area contributed by atoms with E-state index in [2.05, 4.69) is 14.9 Å². The number of carbonyl (C=O) groups is 1. The molecule has 120 valence electrons. The van der Waals surface area contributed by atoms with Crippen LogP contribution in [0, 0.1) is 5.92 Å². The van der Waals surface area contributed by atoms with Gasteiger partial charge < -0.3 is 9.80 Å². The quantitative estimate of drug-likeness (QED) is 0.861. The molecule has 2 heterocycles. The zero-order chi connectivity index (χ0) is 15.4. The first kappa shape index (κ1) is 15.3. The largest absolute Gasteiger partial charge is 0.355 e. The second-order valence-electron chi connectivity index (χ2n) is 6.57. The molecular formula is C17H26N4O. The predicted molar refractivity (Wildman–Crippen MR) is 86.6 cm³/mol. The van der Waals surface area contributed by atoms with Gasteiger partial charge in [0.15, 0.2) is 0 Å². The smallest absolute Gasteiger partial charge is 0.225 e. The molecule has 0 atom stereocenters. The molecule has 2 aliphatic rings. The summed E-state index contributed by atoms with van der Waals surface area (Å²) in [4.78, 5) is 25.5. The summed E-state index contributed by atoms with van der Waals surface area (Å²) in [6, 6.07) is 0.472. The normalized spacial score (nSPS) is 20.9. The summed E-state index contributed by atoms with van der Waals surface area (Å²) >= 11 is 0. The Morgan fingerprint density at radius 2 is 1.86 bits per heavy atom. The van der Waals surface area contributed by atoms with Crippen molar-refractivity contribution in [1.82, 2.24) is 14.9 Å². The summed E-state index contributed by atoms with van der Waals surface area (Å²) in [6.45, 7) is 1.79. The maximum Gasteiger partial charge on any atom is 0.225 e. The van der Waals surface area contributed by atoms with Gasteiger partial charge in [-0.3, -0.25) is 9.78 Å². The molecule has 22 heavy (non-hydrogen) atoms. The number of anilines is 1. The molecule has 0 spiro atoms. The van der Waals surface area contributed by atoms with Gasteiger partial charge in [0, 0.05) is 44.5 Å². The highest BCUT2D eigenvalue weighted by atomic mass is 16.2. The molecular weight excluding hydrogens is 276 g/mol. The first-order valence-electron chi connectivity index (χ1n) is 8.53. The van der Waals surface area contributed by atoms with Crippen LogP contribution in [0.25, 0.3) is 0 Å². The molecule has 0 N–H and O–H groups in total. The monoisotopic (exact) mass is 302 g/mol. The van der Waals surface area contributed by atoms with Gasteiger partial charge in [-0.15, -0.1) is 0 Å². The zero-order valence-electron chi connectivity index (χ0n) is 13.4. The Kier molecular flexibility index (Phi) is 4.90. The van der Waals surface area contributed by atoms with E-state index >= 15 is 0 Å². The van der Waals surface area contributed by atoms with E-state index in [9.17, 15) is 4.79 Å². The van der Waals surface area contributed by atoms with Gasteiger partial charge in [0.2, 0.25) is 5.91 Å². The van der Waals surface area contributed by atoms with Crippen molar-refractivity contribution in [3.05, 3.63) is 18.6 Å². The van der Waals surface area contributed by atoms with Gasteiger partial charge >= 0.3 is 0 Å². The van der Waals surface area contributed by atoms with E-state index in [1.54, 1.807) is 18.6 Å². The fourth-order valence-electron chi connectivity index (χ4n) is 3.75. The van der Waals surface area contributed by atoms with Crippen molar-refractivity contribution < 1.29 is 4.79 Å². The maximum atomic E-state index is 12.7. The number of piperidine rings is 1. The Bertz CT molecular complexity index is 479. The van der Waals surface area contributed by atoms with Crippen LogP contribution in [-0.2, 0) is 4.79 Å². The summed E-state index contributed by atoms with van der Waals surface area (Å²) in [5, 5.41) is 0. The second kappa shape index (κ2) is 7.07. The van der Waals surface area contributed by atoms with Crippen molar-refractivity contribution in [1.29, 1.82) is 0 Å². The fraction of sp³-hybridized carbons (Fsp3) is 0.706. The van der Waals surface area contributed by atoms with E-state index in [-0.39, 0.29) is 5.92 Å². The number of carbonyl (C=O) groups excluding carboxylic acids is 1. The molecule has 2 fully saturated rings. The Morgan fingerprint density at radius 1 is 1.14 bits per heavy atom. The van der Waals surface area contributed by atoms with Gasteiger partial charge in [0.25, 0.3) is 0 Å². The van der Waals surface area contributed by atoms with Gasteiger partial charge in [-0.1, -0.05) is 19.3 Å². The second-order valence-corrected chi connectivity index (χ2v) is 6.57. The van der Waals surface area contributed by atoms with Crippen LogP contribution in [0.2, 0.25) is 0 Å². The van der Waals surface area contributed by atoms with Crippen LogP contribution in [0.15, 0.2) is 18.6 Å². The third kappa shape index (κ3) is 3.39. The average molecular weight is 302 g/mol. The summed E-state index contributed by atoms with van der Waals surface area (Å²) in [5.41, 5.74) is 0. The van der Waals surface area contributed by atoms with Gasteiger partial charge in [-0.05, 0) is 25.7 Å². The highest BCUT2D eigenvalue weighted by Crippen LogP contribution is 2.26. The van der Waals surface area contributed by atoms with Crippen molar-refractivity contribution in [2.75, 3.05) is 25.0 Å². The summed E-state index contributed by atoms with van der Waals surface area (Å²) in [6.07, 6.45) is 13.3. The molecule has 1 aromatic heterocycles. The minimum atomic E-state index is 0.180. The number of hydrogen-bond acceptors (Lipinski definition) is 4. The molecule has 1 saturated carbocycles. The molecule has 5 nitrogen and oxygen atoms in total. The zero-order valence-corrected chi connectivity index (χ0v) is 13.4. The van der Waals surface area contributed by atoms with Crippen molar-refractivity contribution in [3.63, 3.8) is 0 Å². The topological polar surface area (TPSA) is 49.3 Å². The van der Waals surface area contributed by atoms with E-state index < -0.39 is 0 Å². The summed E-state index contributed by atoms with van der Waals surface area (Å²) < 4.78 is 0. The summed E-state index contributed by atoms with van der Waals surface area (Å²) in [5.74, 6) is 1.46. The van der Waals surface area contributed by atoms with E-state index in [1.165, 1.54) is 32.1 Å². The SMILES string of the molecule is CN(C(=O)C1CCN(c2cnccn2)CC1)C1CCCCC1. The number of hydrogen-bond donors (Lipinski definition) is 0. The molecule has 0 bridgehead atoms. The predicted octanol–water partition coefficient (Wildman–Crippen LogP) is 2.48. The fourth-order valence-corrected chi connectivity index (χ4v) is 3.75. The highest BCUT2D eigenvalue weighted by molar-refractivity contribution is 5.79. The van der Waals surface area contributed by atoms with Crippen molar-refractivity contribution >= 4 is 11.7 Å². The average Bonchev–Trinajstić information content (AvgIpc) is 2.62. The number of nitrogens with zero attached hydrogens (tertiary/aromatic N) is 4. The third-order valence-electron chi connectivity index (χ3n) is 5.19. The van der Waals surface area contributed by atoms with Crippen LogP contribution < -0.4 is 4.90 Å². The molecule has 0 aromatic carbocycles. The Labute approximate surface area is 132 Å².